The first-order valence-electron chi connectivity index (χ1n) is 8.90. The highest BCUT2D eigenvalue weighted by Gasteiger charge is 2.20. The summed E-state index contributed by atoms with van der Waals surface area (Å²) >= 11 is 0. The molecule has 1 unspecified atom stereocenters. The smallest absolute Gasteiger partial charge is 0.224 e. The van der Waals surface area contributed by atoms with Gasteiger partial charge in [0.2, 0.25) is 11.9 Å². The van der Waals surface area contributed by atoms with Gasteiger partial charge in [-0.05, 0) is 31.6 Å². The van der Waals surface area contributed by atoms with Crippen LogP contribution in [0.1, 0.15) is 45.4 Å². The minimum atomic E-state index is 0.321. The van der Waals surface area contributed by atoms with Gasteiger partial charge in [-0.1, -0.05) is 13.3 Å². The van der Waals surface area contributed by atoms with E-state index in [-0.39, 0.29) is 0 Å². The number of carbonyl (C=O) groups is 1. The van der Waals surface area contributed by atoms with Crippen LogP contribution >= 0.6 is 0 Å². The summed E-state index contributed by atoms with van der Waals surface area (Å²) in [6.45, 7) is 4.92. The SMILES string of the molecule is CC1CCCN(C(=O)CCCCCNc2ncc3[nH]cnc3n2)C1. The van der Waals surface area contributed by atoms with Gasteiger partial charge >= 0.3 is 0 Å². The summed E-state index contributed by atoms with van der Waals surface area (Å²) in [5.74, 6) is 1.58. The second kappa shape index (κ2) is 8.08. The molecule has 3 rings (SSSR count). The van der Waals surface area contributed by atoms with Crippen LogP contribution in [0.3, 0.4) is 0 Å². The average Bonchev–Trinajstić information content (AvgIpc) is 3.05. The number of nitrogens with zero attached hydrogens (tertiary/aromatic N) is 4. The van der Waals surface area contributed by atoms with E-state index in [1.165, 1.54) is 6.42 Å². The van der Waals surface area contributed by atoms with Crippen LogP contribution < -0.4 is 5.32 Å². The van der Waals surface area contributed by atoms with Gasteiger partial charge in [-0.25, -0.2) is 9.97 Å². The van der Waals surface area contributed by atoms with E-state index in [0.717, 1.165) is 50.8 Å². The number of nitrogens with one attached hydrogen (secondary N) is 2. The molecule has 1 atom stereocenters. The highest BCUT2D eigenvalue weighted by molar-refractivity contribution is 5.76. The summed E-state index contributed by atoms with van der Waals surface area (Å²) in [5.41, 5.74) is 1.51. The summed E-state index contributed by atoms with van der Waals surface area (Å²) < 4.78 is 0. The predicted octanol–water partition coefficient (Wildman–Crippen LogP) is 2.58. The molecule has 130 valence electrons. The first-order chi connectivity index (χ1) is 11.7. The van der Waals surface area contributed by atoms with E-state index in [1.807, 2.05) is 4.90 Å². The molecule has 0 radical (unpaired) electrons. The lowest BCUT2D eigenvalue weighted by Gasteiger charge is -2.31. The number of imidazole rings is 1. The van der Waals surface area contributed by atoms with Gasteiger partial charge in [-0.15, -0.1) is 0 Å². The molecule has 1 fully saturated rings. The molecule has 2 aromatic heterocycles. The lowest BCUT2D eigenvalue weighted by Crippen LogP contribution is -2.38. The van der Waals surface area contributed by atoms with Crippen LogP contribution in [0.25, 0.3) is 11.2 Å². The van der Waals surface area contributed by atoms with Crippen LogP contribution in [-0.4, -0.2) is 50.4 Å². The molecule has 3 heterocycles. The number of fused-ring (bicyclic) bond motifs is 1. The molecule has 2 aromatic rings. The lowest BCUT2D eigenvalue weighted by atomic mass is 10.00. The fourth-order valence-corrected chi connectivity index (χ4v) is 3.17. The number of piperidine rings is 1. The molecule has 1 aliphatic heterocycles. The number of anilines is 1. The number of aromatic nitrogens is 4. The maximum Gasteiger partial charge on any atom is 0.224 e. The minimum Gasteiger partial charge on any atom is -0.354 e. The van der Waals surface area contributed by atoms with Crippen molar-refractivity contribution in [1.82, 2.24) is 24.8 Å². The van der Waals surface area contributed by atoms with Crippen molar-refractivity contribution in [3.8, 4) is 0 Å². The first kappa shape index (κ1) is 16.7. The standard InChI is InChI=1S/C17H26N6O/c1-13-6-5-9-23(11-13)15(24)7-3-2-4-8-18-17-19-10-14-16(22-17)21-12-20-14/h10,12-13H,2-9,11H2,1H3,(H2,18,19,20,21,22). The summed E-state index contributed by atoms with van der Waals surface area (Å²) in [7, 11) is 0. The number of carbonyl (C=O) groups excluding carboxylic acids is 1. The largest absolute Gasteiger partial charge is 0.354 e. The summed E-state index contributed by atoms with van der Waals surface area (Å²) in [6.07, 6.45) is 9.41. The Kier molecular flexibility index (Phi) is 5.61. The zero-order valence-corrected chi connectivity index (χ0v) is 14.3. The van der Waals surface area contributed by atoms with Crippen LogP contribution in [0.2, 0.25) is 0 Å². The van der Waals surface area contributed by atoms with E-state index in [1.54, 1.807) is 12.5 Å². The molecular formula is C17H26N6O. The van der Waals surface area contributed by atoms with Gasteiger partial charge in [0.25, 0.3) is 0 Å². The molecule has 0 spiro atoms. The number of rotatable bonds is 7. The molecule has 0 aromatic carbocycles. The van der Waals surface area contributed by atoms with Gasteiger partial charge in [0.1, 0.15) is 5.52 Å². The molecule has 24 heavy (non-hydrogen) atoms. The van der Waals surface area contributed by atoms with Crippen LogP contribution in [0.5, 0.6) is 0 Å². The van der Waals surface area contributed by atoms with E-state index in [9.17, 15) is 4.79 Å². The maximum absolute atomic E-state index is 12.2. The molecule has 2 N–H and O–H groups in total. The Morgan fingerprint density at radius 1 is 1.38 bits per heavy atom. The first-order valence-corrected chi connectivity index (χ1v) is 8.90. The third-order valence-corrected chi connectivity index (χ3v) is 4.54. The Morgan fingerprint density at radius 3 is 3.17 bits per heavy atom. The minimum absolute atomic E-state index is 0.321. The molecule has 1 saturated heterocycles. The van der Waals surface area contributed by atoms with Crippen molar-refractivity contribution < 1.29 is 4.79 Å². The molecule has 1 aliphatic rings. The lowest BCUT2D eigenvalue weighted by molar-refractivity contribution is -0.133. The number of H-pyrrole nitrogens is 1. The molecule has 7 heteroatoms. The van der Waals surface area contributed by atoms with Gasteiger partial charge in [0, 0.05) is 26.1 Å². The number of likely N-dealkylation sites (tertiary alicyclic amines) is 1. The quantitative estimate of drug-likeness (QED) is 0.762. The van der Waals surface area contributed by atoms with Crippen molar-refractivity contribution in [3.05, 3.63) is 12.5 Å². The summed E-state index contributed by atoms with van der Waals surface area (Å²) in [4.78, 5) is 29.9. The molecular weight excluding hydrogens is 304 g/mol. The zero-order chi connectivity index (χ0) is 16.8. The van der Waals surface area contributed by atoms with E-state index in [2.05, 4.69) is 32.2 Å². The number of amides is 1. The van der Waals surface area contributed by atoms with Crippen molar-refractivity contribution in [2.24, 2.45) is 5.92 Å². The van der Waals surface area contributed by atoms with Gasteiger partial charge < -0.3 is 15.2 Å². The number of aromatic amines is 1. The molecule has 0 saturated carbocycles. The number of unbranched alkanes of at least 4 members (excludes halogenated alkanes) is 2. The van der Waals surface area contributed by atoms with Crippen molar-refractivity contribution in [3.63, 3.8) is 0 Å². The van der Waals surface area contributed by atoms with E-state index >= 15 is 0 Å². The number of hydrogen-bond acceptors (Lipinski definition) is 5. The van der Waals surface area contributed by atoms with Crippen LogP contribution in [0.15, 0.2) is 12.5 Å². The Morgan fingerprint density at radius 2 is 2.29 bits per heavy atom. The summed E-state index contributed by atoms with van der Waals surface area (Å²) in [6, 6.07) is 0. The molecule has 0 aliphatic carbocycles. The Balaban J connectivity index is 1.30. The third kappa shape index (κ3) is 4.43. The molecule has 1 amide bonds. The van der Waals surface area contributed by atoms with Crippen LogP contribution in [0, 0.1) is 5.92 Å². The van der Waals surface area contributed by atoms with Gasteiger partial charge in [-0.2, -0.15) is 4.98 Å². The zero-order valence-electron chi connectivity index (χ0n) is 14.3. The Bertz CT molecular complexity index is 670. The fraction of sp³-hybridized carbons (Fsp3) is 0.647. The van der Waals surface area contributed by atoms with E-state index < -0.39 is 0 Å². The van der Waals surface area contributed by atoms with Crippen molar-refractivity contribution in [2.45, 2.75) is 45.4 Å². The van der Waals surface area contributed by atoms with E-state index in [0.29, 0.717) is 29.8 Å². The Labute approximate surface area is 142 Å². The van der Waals surface area contributed by atoms with E-state index in [4.69, 9.17) is 0 Å². The Hall–Kier alpha value is -2.18. The van der Waals surface area contributed by atoms with Crippen molar-refractivity contribution in [2.75, 3.05) is 25.0 Å². The topological polar surface area (TPSA) is 86.8 Å². The van der Waals surface area contributed by atoms with Crippen LogP contribution in [-0.2, 0) is 4.79 Å². The van der Waals surface area contributed by atoms with Crippen LogP contribution in [0.4, 0.5) is 5.95 Å². The molecule has 0 bridgehead atoms. The fourth-order valence-electron chi connectivity index (χ4n) is 3.17. The van der Waals surface area contributed by atoms with Gasteiger partial charge in [-0.3, -0.25) is 4.79 Å². The normalized spacial score (nSPS) is 18.0. The van der Waals surface area contributed by atoms with Gasteiger partial charge in [0.05, 0.1) is 12.5 Å². The third-order valence-electron chi connectivity index (χ3n) is 4.54. The average molecular weight is 330 g/mol. The molecule has 7 nitrogen and oxygen atoms in total. The highest BCUT2D eigenvalue weighted by atomic mass is 16.2. The second-order valence-electron chi connectivity index (χ2n) is 6.66. The van der Waals surface area contributed by atoms with Gasteiger partial charge in [0.15, 0.2) is 5.65 Å². The summed E-state index contributed by atoms with van der Waals surface area (Å²) in [5, 5.41) is 3.21. The number of hydrogen-bond donors (Lipinski definition) is 2. The maximum atomic E-state index is 12.2. The van der Waals surface area contributed by atoms with Crippen molar-refractivity contribution in [1.29, 1.82) is 0 Å². The second-order valence-corrected chi connectivity index (χ2v) is 6.66. The monoisotopic (exact) mass is 330 g/mol. The highest BCUT2D eigenvalue weighted by Crippen LogP contribution is 2.17. The predicted molar refractivity (Wildman–Crippen MR) is 93.6 cm³/mol. The van der Waals surface area contributed by atoms with Crippen molar-refractivity contribution >= 4 is 23.0 Å².